The van der Waals surface area contributed by atoms with Crippen LogP contribution in [0.25, 0.3) is 10.9 Å². The van der Waals surface area contributed by atoms with Crippen molar-refractivity contribution in [2.75, 3.05) is 24.2 Å². The molecule has 3 aliphatic rings. The summed E-state index contributed by atoms with van der Waals surface area (Å²) in [5, 5.41) is -1.07. The summed E-state index contributed by atoms with van der Waals surface area (Å²) in [5.41, 5.74) is -1.61. The highest BCUT2D eigenvalue weighted by atomic mass is 35.5. The first-order valence-electron chi connectivity index (χ1n) is 11.5. The molecule has 5 rings (SSSR count). The Morgan fingerprint density at radius 1 is 1.09 bits per heavy atom. The molecule has 3 fully saturated rings. The summed E-state index contributed by atoms with van der Waals surface area (Å²) in [4.78, 5) is 37.9. The average Bonchev–Trinajstić information content (AvgIpc) is 3.53. The van der Waals surface area contributed by atoms with Crippen LogP contribution >= 0.6 is 11.6 Å². The Kier molecular flexibility index (Phi) is 5.55. The Bertz CT molecular complexity index is 1390. The lowest BCUT2D eigenvalue weighted by atomic mass is 10.1. The van der Waals surface area contributed by atoms with Crippen molar-refractivity contribution in [1.29, 1.82) is 0 Å². The molecule has 4 heterocycles. The van der Waals surface area contributed by atoms with E-state index < -0.39 is 43.6 Å². The Morgan fingerprint density at radius 3 is 2.17 bits per heavy atom. The van der Waals surface area contributed by atoms with Gasteiger partial charge in [0.15, 0.2) is 11.0 Å². The van der Waals surface area contributed by atoms with Gasteiger partial charge in [0.05, 0.1) is 12.1 Å². The van der Waals surface area contributed by atoms with Gasteiger partial charge in [-0.05, 0) is 46.5 Å². The lowest BCUT2D eigenvalue weighted by molar-refractivity contribution is 0.0123. The summed E-state index contributed by atoms with van der Waals surface area (Å²) in [5.74, 6) is -0.900. The molecule has 0 radical (unpaired) electrons. The second-order valence-corrected chi connectivity index (χ2v) is 12.8. The van der Waals surface area contributed by atoms with E-state index in [0.29, 0.717) is 12.8 Å². The second-order valence-electron chi connectivity index (χ2n) is 10.5. The third-order valence-electron chi connectivity index (χ3n) is 6.53. The van der Waals surface area contributed by atoms with E-state index in [2.05, 4.69) is 9.97 Å². The summed E-state index contributed by atoms with van der Waals surface area (Å²) >= 11 is 6.19. The summed E-state index contributed by atoms with van der Waals surface area (Å²) in [6.07, 6.45) is 3.33. The summed E-state index contributed by atoms with van der Waals surface area (Å²) in [6, 6.07) is -0.660. The maximum Gasteiger partial charge on any atom is 0.410 e. The van der Waals surface area contributed by atoms with Gasteiger partial charge in [-0.3, -0.25) is 14.3 Å². The largest absolute Gasteiger partial charge is 0.444 e. The van der Waals surface area contributed by atoms with E-state index >= 15 is 4.39 Å². The smallest absolute Gasteiger partial charge is 0.410 e. The molecule has 2 atom stereocenters. The van der Waals surface area contributed by atoms with Crippen LogP contribution in [0.4, 0.5) is 15.0 Å². The van der Waals surface area contributed by atoms with E-state index in [1.807, 2.05) is 0 Å². The Balaban J connectivity index is 1.63. The van der Waals surface area contributed by atoms with Crippen molar-refractivity contribution >= 4 is 44.3 Å². The molecular weight excluding hydrogens is 501 g/mol. The molecule has 2 aliphatic heterocycles. The highest BCUT2D eigenvalue weighted by Crippen LogP contribution is 2.40. The van der Waals surface area contributed by atoms with Gasteiger partial charge in [-0.15, -0.1) is 0 Å². The Hall–Kier alpha value is -2.47. The maximum absolute atomic E-state index is 15.4. The van der Waals surface area contributed by atoms with Crippen LogP contribution in [0.15, 0.2) is 9.95 Å². The van der Waals surface area contributed by atoms with Gasteiger partial charge in [0, 0.05) is 25.4 Å². The van der Waals surface area contributed by atoms with Crippen molar-refractivity contribution in [3.8, 4) is 0 Å². The number of aromatic nitrogens is 3. The standard InChI is InChI=1S/C22H27ClFN5O5S/c1-22(2,3)34-21(31)28-12-7-8-13(28)10-27(9-12)18-14-16(25-20(26-18)35(4,32)33)15(24)17(23)29(19(14)30)11-5-6-11/h11-13H,5-10H2,1-4H3. The molecule has 1 saturated carbocycles. The number of rotatable bonds is 3. The summed E-state index contributed by atoms with van der Waals surface area (Å²) in [6.45, 7) is 5.98. The number of amides is 1. The van der Waals surface area contributed by atoms with Gasteiger partial charge in [-0.1, -0.05) is 11.6 Å². The molecule has 0 N–H and O–H groups in total. The maximum atomic E-state index is 15.4. The fourth-order valence-corrected chi connectivity index (χ4v) is 5.75. The molecular formula is C22H27ClFN5O5S. The van der Waals surface area contributed by atoms with Gasteiger partial charge in [-0.2, -0.15) is 0 Å². The van der Waals surface area contributed by atoms with E-state index in [1.165, 1.54) is 4.57 Å². The van der Waals surface area contributed by atoms with Crippen molar-refractivity contribution in [2.24, 2.45) is 0 Å². The minimum atomic E-state index is -3.92. The zero-order valence-electron chi connectivity index (χ0n) is 19.9. The number of carbonyl (C=O) groups excluding carboxylic acids is 1. The van der Waals surface area contributed by atoms with E-state index in [4.69, 9.17) is 16.3 Å². The van der Waals surface area contributed by atoms with E-state index in [0.717, 1.165) is 19.1 Å². The van der Waals surface area contributed by atoms with Gasteiger partial charge in [0.2, 0.25) is 15.0 Å². The number of ether oxygens (including phenoxy) is 1. The van der Waals surface area contributed by atoms with Crippen LogP contribution in [0.3, 0.4) is 0 Å². The van der Waals surface area contributed by atoms with Crippen molar-refractivity contribution in [3.05, 3.63) is 21.3 Å². The minimum absolute atomic E-state index is 0.0473. The van der Waals surface area contributed by atoms with Gasteiger partial charge >= 0.3 is 6.09 Å². The highest BCUT2D eigenvalue weighted by molar-refractivity contribution is 7.90. The average molecular weight is 528 g/mol. The second kappa shape index (κ2) is 8.02. The summed E-state index contributed by atoms with van der Waals surface area (Å²) < 4.78 is 46.8. The molecule has 2 aromatic rings. The number of sulfone groups is 1. The number of nitrogens with zero attached hydrogens (tertiary/aromatic N) is 5. The van der Waals surface area contributed by atoms with Crippen LogP contribution in [-0.4, -0.2) is 71.0 Å². The SMILES string of the molecule is CC(C)(C)OC(=O)N1C2CCC1CN(c1nc(S(C)(=O)=O)nc3c(F)c(Cl)n(C4CC4)c(=O)c13)C2. The molecule has 2 saturated heterocycles. The molecule has 0 spiro atoms. The van der Waals surface area contributed by atoms with Gasteiger partial charge < -0.3 is 9.64 Å². The zero-order valence-corrected chi connectivity index (χ0v) is 21.5. The molecule has 35 heavy (non-hydrogen) atoms. The molecule has 1 amide bonds. The molecule has 190 valence electrons. The first-order chi connectivity index (χ1) is 16.3. The van der Waals surface area contributed by atoms with Gasteiger partial charge in [-0.25, -0.2) is 27.6 Å². The van der Waals surface area contributed by atoms with Crippen LogP contribution in [0.5, 0.6) is 0 Å². The fourth-order valence-electron chi connectivity index (χ4n) is 4.94. The lowest BCUT2D eigenvalue weighted by Crippen LogP contribution is -2.57. The number of hydrogen-bond acceptors (Lipinski definition) is 8. The topological polar surface area (TPSA) is 115 Å². The van der Waals surface area contributed by atoms with Crippen LogP contribution in [0, 0.1) is 5.82 Å². The Morgan fingerprint density at radius 2 is 1.66 bits per heavy atom. The van der Waals surface area contributed by atoms with Gasteiger partial charge in [0.1, 0.15) is 22.3 Å². The summed E-state index contributed by atoms with van der Waals surface area (Å²) in [7, 11) is -3.92. The predicted octanol–water partition coefficient (Wildman–Crippen LogP) is 2.91. The third kappa shape index (κ3) is 4.24. The number of hydrogen-bond donors (Lipinski definition) is 0. The minimum Gasteiger partial charge on any atom is -0.444 e. The number of halogens is 2. The number of carbonyl (C=O) groups is 1. The molecule has 2 bridgehead atoms. The number of piperazine rings is 1. The van der Waals surface area contributed by atoms with Crippen molar-refractivity contribution in [3.63, 3.8) is 0 Å². The van der Waals surface area contributed by atoms with Crippen molar-refractivity contribution in [2.45, 2.75) is 75.3 Å². The highest BCUT2D eigenvalue weighted by Gasteiger charge is 2.45. The van der Waals surface area contributed by atoms with E-state index in [1.54, 1.807) is 30.6 Å². The number of fused-ring (bicyclic) bond motifs is 3. The first kappa shape index (κ1) is 24.2. The van der Waals surface area contributed by atoms with Crippen LogP contribution in [-0.2, 0) is 14.6 Å². The van der Waals surface area contributed by atoms with E-state index in [-0.39, 0.29) is 47.6 Å². The monoisotopic (exact) mass is 527 g/mol. The normalized spacial score (nSPS) is 22.7. The third-order valence-corrected chi connectivity index (χ3v) is 7.73. The molecule has 2 unspecified atom stereocenters. The molecule has 13 heteroatoms. The van der Waals surface area contributed by atoms with Gasteiger partial charge in [0.25, 0.3) is 5.56 Å². The molecule has 2 aromatic heterocycles. The molecule has 10 nitrogen and oxygen atoms in total. The molecule has 0 aromatic carbocycles. The first-order valence-corrected chi connectivity index (χ1v) is 13.8. The quantitative estimate of drug-likeness (QED) is 0.442. The fraction of sp³-hybridized carbons (Fsp3) is 0.636. The van der Waals surface area contributed by atoms with Crippen molar-refractivity contribution in [1.82, 2.24) is 19.4 Å². The van der Waals surface area contributed by atoms with Crippen LogP contribution in [0.2, 0.25) is 5.15 Å². The predicted molar refractivity (Wildman–Crippen MR) is 127 cm³/mol. The number of pyridine rings is 1. The van der Waals surface area contributed by atoms with Crippen LogP contribution in [0.1, 0.15) is 52.5 Å². The Labute approximate surface area is 206 Å². The van der Waals surface area contributed by atoms with Crippen LogP contribution < -0.4 is 10.5 Å². The van der Waals surface area contributed by atoms with E-state index in [9.17, 15) is 18.0 Å². The molecule has 1 aliphatic carbocycles. The lowest BCUT2D eigenvalue weighted by Gasteiger charge is -2.42. The number of anilines is 1. The van der Waals surface area contributed by atoms with Crippen molar-refractivity contribution < 1.29 is 22.3 Å². The zero-order chi connectivity index (χ0) is 25.4.